The lowest BCUT2D eigenvalue weighted by molar-refractivity contribution is 0.436. The quantitative estimate of drug-likeness (QED) is 0.414. The van der Waals surface area contributed by atoms with Gasteiger partial charge in [0.25, 0.3) is 0 Å². The van der Waals surface area contributed by atoms with Gasteiger partial charge in [0.2, 0.25) is 10.0 Å². The molecule has 0 spiro atoms. The molecule has 5 heteroatoms. The van der Waals surface area contributed by atoms with Gasteiger partial charge in [-0.1, -0.05) is 12.2 Å². The van der Waals surface area contributed by atoms with E-state index in [1.54, 1.807) is 4.31 Å². The van der Waals surface area contributed by atoms with Crippen molar-refractivity contribution in [2.24, 2.45) is 0 Å². The summed E-state index contributed by atoms with van der Waals surface area (Å²) in [6, 6.07) is 0. The highest BCUT2D eigenvalue weighted by Crippen LogP contribution is 2.10. The van der Waals surface area contributed by atoms with Crippen molar-refractivity contribution in [2.45, 2.75) is 19.3 Å². The molecule has 0 bridgehead atoms. The fourth-order valence-corrected chi connectivity index (χ4v) is 3.09. The average Bonchev–Trinajstić information content (AvgIpc) is 2.19. The Labute approximate surface area is 90.8 Å². The summed E-state index contributed by atoms with van der Waals surface area (Å²) in [4.78, 5) is 0. The Kier molecular flexibility index (Phi) is 4.92. The Morgan fingerprint density at radius 2 is 2.07 bits per heavy atom. The fraction of sp³-hybridized carbons (Fsp3) is 0.778. The van der Waals surface area contributed by atoms with Crippen LogP contribution in [0.3, 0.4) is 0 Å². The average molecular weight is 238 g/mol. The van der Waals surface area contributed by atoms with Crippen LogP contribution in [0.25, 0.3) is 0 Å². The van der Waals surface area contributed by atoms with Crippen LogP contribution in [0.2, 0.25) is 0 Å². The summed E-state index contributed by atoms with van der Waals surface area (Å²) in [7, 11) is -3.03. The Bertz CT molecular complexity index is 287. The molecule has 1 rings (SSSR count). The second-order valence-corrected chi connectivity index (χ2v) is 5.80. The van der Waals surface area contributed by atoms with Crippen molar-refractivity contribution in [1.29, 1.82) is 0 Å². The maximum absolute atomic E-state index is 11.7. The smallest absolute Gasteiger partial charge is 0.212 e. The van der Waals surface area contributed by atoms with Crippen LogP contribution < -0.4 is 0 Å². The van der Waals surface area contributed by atoms with Crippen LogP contribution in [0.4, 0.5) is 0 Å². The highest BCUT2D eigenvalue weighted by molar-refractivity contribution is 7.89. The molecule has 0 aromatic carbocycles. The maximum Gasteiger partial charge on any atom is 0.214 e. The number of alkyl halides is 1. The molecule has 0 unspecified atom stereocenters. The summed E-state index contributed by atoms with van der Waals surface area (Å²) in [6.07, 6.45) is 6.18. The van der Waals surface area contributed by atoms with Crippen LogP contribution >= 0.6 is 11.6 Å². The summed E-state index contributed by atoms with van der Waals surface area (Å²) in [5.74, 6) is 0.767. The van der Waals surface area contributed by atoms with Gasteiger partial charge in [0.1, 0.15) is 0 Å². The van der Waals surface area contributed by atoms with Crippen molar-refractivity contribution < 1.29 is 8.42 Å². The number of hydrogen-bond acceptors (Lipinski definition) is 2. The van der Waals surface area contributed by atoms with E-state index in [1.165, 1.54) is 0 Å². The molecule has 0 aliphatic carbocycles. The third-order valence-corrected chi connectivity index (χ3v) is 4.39. The van der Waals surface area contributed by atoms with E-state index >= 15 is 0 Å². The molecule has 0 atom stereocenters. The summed E-state index contributed by atoms with van der Waals surface area (Å²) >= 11 is 5.50. The van der Waals surface area contributed by atoms with Crippen LogP contribution in [-0.2, 0) is 10.0 Å². The molecule has 0 aromatic rings. The summed E-state index contributed by atoms with van der Waals surface area (Å²) in [5, 5.41) is 0. The molecule has 1 heterocycles. The standard InChI is InChI=1S/C9H16ClNO2S/c10-6-2-5-9-14(12,13)11-7-3-1-4-8-11/h1,3H,2,4-9H2. The van der Waals surface area contributed by atoms with Gasteiger partial charge in [-0.2, -0.15) is 4.31 Å². The second-order valence-electron chi connectivity index (χ2n) is 3.33. The van der Waals surface area contributed by atoms with Crippen LogP contribution in [-0.4, -0.2) is 37.4 Å². The number of hydrogen-bond donors (Lipinski definition) is 0. The summed E-state index contributed by atoms with van der Waals surface area (Å²) in [6.45, 7) is 1.16. The van der Waals surface area contributed by atoms with Crippen LogP contribution in [0.5, 0.6) is 0 Å². The van der Waals surface area contributed by atoms with E-state index in [1.807, 2.05) is 12.2 Å². The summed E-state index contributed by atoms with van der Waals surface area (Å²) < 4.78 is 25.0. The highest BCUT2D eigenvalue weighted by atomic mass is 35.5. The molecule has 0 fully saturated rings. The first-order valence-electron chi connectivity index (χ1n) is 4.85. The third-order valence-electron chi connectivity index (χ3n) is 2.20. The number of halogens is 1. The van der Waals surface area contributed by atoms with Crippen LogP contribution in [0, 0.1) is 0 Å². The van der Waals surface area contributed by atoms with Gasteiger partial charge in [-0.15, -0.1) is 11.6 Å². The fourth-order valence-electron chi connectivity index (χ4n) is 1.38. The van der Waals surface area contributed by atoms with Gasteiger partial charge in [-0.3, -0.25) is 0 Å². The molecule has 0 saturated heterocycles. The molecule has 1 aliphatic heterocycles. The van der Waals surface area contributed by atoms with Gasteiger partial charge < -0.3 is 0 Å². The number of rotatable bonds is 5. The normalized spacial score (nSPS) is 18.6. The second kappa shape index (κ2) is 5.73. The lowest BCUT2D eigenvalue weighted by atomic mass is 10.3. The van der Waals surface area contributed by atoms with Crippen molar-refractivity contribution in [1.82, 2.24) is 4.31 Å². The molecule has 14 heavy (non-hydrogen) atoms. The predicted octanol–water partition coefficient (Wildman–Crippen LogP) is 1.60. The van der Waals surface area contributed by atoms with E-state index in [2.05, 4.69) is 0 Å². The Balaban J connectivity index is 2.43. The highest BCUT2D eigenvalue weighted by Gasteiger charge is 2.20. The van der Waals surface area contributed by atoms with E-state index < -0.39 is 10.0 Å². The zero-order chi connectivity index (χ0) is 10.4. The Morgan fingerprint density at radius 3 is 2.64 bits per heavy atom. The Hall–Kier alpha value is -0.0600. The topological polar surface area (TPSA) is 37.4 Å². The van der Waals surface area contributed by atoms with Crippen molar-refractivity contribution in [3.05, 3.63) is 12.2 Å². The summed E-state index contributed by atoms with van der Waals surface area (Å²) in [5.41, 5.74) is 0. The first-order valence-corrected chi connectivity index (χ1v) is 7.00. The van der Waals surface area contributed by atoms with Gasteiger partial charge in [0.05, 0.1) is 5.75 Å². The van der Waals surface area contributed by atoms with Crippen molar-refractivity contribution in [3.8, 4) is 0 Å². The lowest BCUT2D eigenvalue weighted by Crippen LogP contribution is -2.35. The molecular weight excluding hydrogens is 222 g/mol. The zero-order valence-electron chi connectivity index (χ0n) is 8.15. The van der Waals surface area contributed by atoms with E-state index in [-0.39, 0.29) is 5.75 Å². The lowest BCUT2D eigenvalue weighted by Gasteiger charge is -2.22. The van der Waals surface area contributed by atoms with Gasteiger partial charge in [-0.05, 0) is 19.3 Å². The minimum Gasteiger partial charge on any atom is -0.212 e. The zero-order valence-corrected chi connectivity index (χ0v) is 9.73. The molecule has 3 nitrogen and oxygen atoms in total. The van der Waals surface area contributed by atoms with E-state index in [9.17, 15) is 8.42 Å². The molecule has 0 N–H and O–H groups in total. The van der Waals surface area contributed by atoms with E-state index in [4.69, 9.17) is 11.6 Å². The largest absolute Gasteiger partial charge is 0.214 e. The molecule has 0 saturated carbocycles. The van der Waals surface area contributed by atoms with Crippen molar-refractivity contribution >= 4 is 21.6 Å². The molecular formula is C9H16ClNO2S. The number of sulfonamides is 1. The molecule has 82 valence electrons. The third kappa shape index (κ3) is 3.59. The van der Waals surface area contributed by atoms with Gasteiger partial charge in [-0.25, -0.2) is 8.42 Å². The van der Waals surface area contributed by atoms with E-state index in [0.29, 0.717) is 25.4 Å². The molecule has 0 aromatic heterocycles. The van der Waals surface area contributed by atoms with Gasteiger partial charge in [0.15, 0.2) is 0 Å². The minimum absolute atomic E-state index is 0.230. The first-order chi connectivity index (χ1) is 6.67. The molecule has 0 amide bonds. The molecule has 1 aliphatic rings. The minimum atomic E-state index is -3.03. The van der Waals surface area contributed by atoms with Crippen LogP contribution in [0.1, 0.15) is 19.3 Å². The van der Waals surface area contributed by atoms with Gasteiger partial charge in [0, 0.05) is 19.0 Å². The van der Waals surface area contributed by atoms with Crippen LogP contribution in [0.15, 0.2) is 12.2 Å². The number of unbranched alkanes of at least 4 members (excludes halogenated alkanes) is 1. The van der Waals surface area contributed by atoms with Crippen molar-refractivity contribution in [2.75, 3.05) is 24.7 Å². The maximum atomic E-state index is 11.7. The van der Waals surface area contributed by atoms with Gasteiger partial charge >= 0.3 is 0 Å². The Morgan fingerprint density at radius 1 is 1.29 bits per heavy atom. The number of nitrogens with zero attached hydrogens (tertiary/aromatic N) is 1. The monoisotopic (exact) mass is 237 g/mol. The first kappa shape index (κ1) is 12.0. The van der Waals surface area contributed by atoms with Crippen molar-refractivity contribution in [3.63, 3.8) is 0 Å². The predicted molar refractivity (Wildman–Crippen MR) is 59.1 cm³/mol. The SMILES string of the molecule is O=S(=O)(CCCCCl)N1CC=CCC1. The molecule has 0 radical (unpaired) electrons. The van der Waals surface area contributed by atoms with E-state index in [0.717, 1.165) is 12.8 Å².